The number of hydrogen-bond donors (Lipinski definition) is 6. The number of nitrogens with zero attached hydrogens (tertiary/aromatic N) is 5. The Hall–Kier alpha value is -12.4. The van der Waals surface area contributed by atoms with Gasteiger partial charge >= 0.3 is 0 Å². The number of hydrogen-bond acceptors (Lipinski definition) is 26. The third-order valence-corrected chi connectivity index (χ3v) is 20.9. The number of carbonyl (C=O) groups excluding carboxylic acids is 17. The Bertz CT molecular complexity index is 3960. The molecule has 145 heavy (non-hydrogen) atoms. The number of carbonyl (C=O) groups is 17. The van der Waals surface area contributed by atoms with Crippen molar-refractivity contribution < 1.29 is 127 Å². The molecule has 0 radical (unpaired) electrons. The van der Waals surface area contributed by atoms with Crippen LogP contribution in [0.2, 0.25) is 0 Å². The third-order valence-electron chi connectivity index (χ3n) is 20.1. The maximum absolute atomic E-state index is 12.2. The van der Waals surface area contributed by atoms with Crippen molar-refractivity contribution in [2.45, 2.75) is 167 Å². The van der Waals surface area contributed by atoms with Crippen LogP contribution in [0, 0.1) is 0 Å². The zero-order chi connectivity index (χ0) is 111. The minimum atomic E-state index is -4.09. The summed E-state index contributed by atoms with van der Waals surface area (Å²) in [6, 6.07) is 0. The Morgan fingerprint density at radius 1 is 0.283 bits per heavy atom. The number of ether oxygens (including phenoxy) is 6. The van der Waals surface area contributed by atoms with E-state index in [0.717, 1.165) is 93.6 Å². The van der Waals surface area contributed by atoms with Crippen LogP contribution in [-0.2, 0) is 120 Å². The fraction of sp³-hybridized carbons (Fsp3) is 0.523. The van der Waals surface area contributed by atoms with Crippen molar-refractivity contribution >= 4 is 110 Å². The normalized spacial score (nSPS) is 10.3. The van der Waals surface area contributed by atoms with Gasteiger partial charge in [0.25, 0.3) is 0 Å². The largest absolute Gasteiger partial charge is 0.748 e. The summed E-state index contributed by atoms with van der Waals surface area (Å²) in [6.45, 7) is 71.6. The summed E-state index contributed by atoms with van der Waals surface area (Å²) in [5, 5.41) is 16.0. The van der Waals surface area contributed by atoms with Crippen molar-refractivity contribution in [2.24, 2.45) is 0 Å². The molecule has 814 valence electrons. The van der Waals surface area contributed by atoms with Crippen LogP contribution in [0.15, 0.2) is 215 Å². The molecule has 0 rings (SSSR count). The fourth-order valence-electron chi connectivity index (χ4n) is 11.8. The van der Waals surface area contributed by atoms with Gasteiger partial charge in [0.05, 0.1) is 83.6 Å². The SMILES string of the molecule is C=C(C)C(=O)NCCC[N+](C)(C)CCCCS(=O)(=O)[O-].C=CC(=O)CCCCN(CCCCC(=O)C=C)C(=O)C=C.C=CC(=O)CCCCOCC(COCCCCC(=O)C=C)(COCCCNC(=O)C=C)NC(=O)C=C.C=CC(=O)CCCCOCCOCCOCCCCC(=O)C=C.C=CC(=O)CCCN(CCN(CCNC(=O)C=C)C(=O)C=C)C(=O)C=C.C=CC(=O)NCCN(CCNC(=O)C=C)C(=O)C=C. The Balaban J connectivity index is -0.000000406. The molecule has 0 heterocycles. The highest BCUT2D eigenvalue weighted by Gasteiger charge is 2.33. The van der Waals surface area contributed by atoms with Crippen LogP contribution in [0.4, 0.5) is 0 Å². The molecule has 0 atom stereocenters. The van der Waals surface area contributed by atoms with Gasteiger partial charge in [-0.05, 0) is 207 Å². The molecule has 10 amide bonds. The molecule has 37 nitrogen and oxygen atoms in total. The third kappa shape index (κ3) is 94.9. The van der Waals surface area contributed by atoms with E-state index < -0.39 is 21.6 Å². The molecular formula is C107H169N11O26S. The maximum atomic E-state index is 12.2. The lowest BCUT2D eigenvalue weighted by atomic mass is 10.0. The van der Waals surface area contributed by atoms with Crippen molar-refractivity contribution in [1.82, 2.24) is 51.5 Å². The van der Waals surface area contributed by atoms with Gasteiger partial charge in [0.2, 0.25) is 59.1 Å². The van der Waals surface area contributed by atoms with E-state index in [0.29, 0.717) is 220 Å². The van der Waals surface area contributed by atoms with Gasteiger partial charge in [-0.2, -0.15) is 0 Å². The van der Waals surface area contributed by atoms with Gasteiger partial charge in [0.1, 0.15) is 5.54 Å². The lowest BCUT2D eigenvalue weighted by molar-refractivity contribution is -0.890. The van der Waals surface area contributed by atoms with Gasteiger partial charge in [-0.15, -0.1) is 0 Å². The summed E-state index contributed by atoms with van der Waals surface area (Å²) in [5.74, 6) is -2.83. The van der Waals surface area contributed by atoms with Crippen LogP contribution in [0.25, 0.3) is 0 Å². The van der Waals surface area contributed by atoms with E-state index in [1.807, 2.05) is 14.1 Å². The van der Waals surface area contributed by atoms with E-state index in [1.165, 1.54) is 93.7 Å². The van der Waals surface area contributed by atoms with Crippen LogP contribution in [0.1, 0.15) is 161 Å². The van der Waals surface area contributed by atoms with Crippen molar-refractivity contribution in [1.29, 1.82) is 0 Å². The van der Waals surface area contributed by atoms with Gasteiger partial charge in [0.15, 0.2) is 40.5 Å². The van der Waals surface area contributed by atoms with E-state index in [4.69, 9.17) is 28.4 Å². The molecule has 0 aromatic heterocycles. The lowest BCUT2D eigenvalue weighted by Crippen LogP contribution is -2.58. The van der Waals surface area contributed by atoms with E-state index in [2.05, 4.69) is 144 Å². The lowest BCUT2D eigenvalue weighted by Gasteiger charge is -2.34. The molecule has 0 aliphatic rings. The highest BCUT2D eigenvalue weighted by atomic mass is 32.2. The first-order valence-corrected chi connectivity index (χ1v) is 50.1. The highest BCUT2D eigenvalue weighted by molar-refractivity contribution is 7.85. The molecule has 0 saturated carbocycles. The summed E-state index contributed by atoms with van der Waals surface area (Å²) in [7, 11) is 0.00263. The van der Waals surface area contributed by atoms with Gasteiger partial charge in [-0.3, -0.25) is 81.5 Å². The molecule has 0 bridgehead atoms. The molecule has 38 heteroatoms. The number of unbranched alkanes of at least 4 members (excludes halogenated alkanes) is 7. The monoisotopic (exact) mass is 2060 g/mol. The summed E-state index contributed by atoms with van der Waals surface area (Å²) >= 11 is 0. The van der Waals surface area contributed by atoms with Gasteiger partial charge in [0, 0.05) is 181 Å². The van der Waals surface area contributed by atoms with Crippen LogP contribution < -0.4 is 31.9 Å². The van der Waals surface area contributed by atoms with E-state index in [9.17, 15) is 94.5 Å². The second kappa shape index (κ2) is 97.7. The highest BCUT2D eigenvalue weighted by Crippen LogP contribution is 2.14. The Morgan fingerprint density at radius 3 is 0.841 bits per heavy atom. The number of quaternary nitrogens is 1. The van der Waals surface area contributed by atoms with Crippen molar-refractivity contribution in [3.8, 4) is 0 Å². The zero-order valence-corrected chi connectivity index (χ0v) is 87.6. The number of allylic oxidation sites excluding steroid dienone is 7. The molecule has 6 N–H and O–H groups in total. The second-order valence-electron chi connectivity index (χ2n) is 32.7. The first kappa shape index (κ1) is 143. The number of nitrogens with one attached hydrogen (secondary N) is 6. The van der Waals surface area contributed by atoms with Crippen molar-refractivity contribution in [3.05, 3.63) is 215 Å². The Kier molecular flexibility index (Phi) is 96.5. The first-order chi connectivity index (χ1) is 69.0. The standard InChI is InChI=1S/C27H42N2O7.C19H27N3O4.C18H30O5.C17H25NO3.C13H19N3O3.C13H26N2O4S/c1-5-23(30)14-9-11-17-34-20-27(29-26(33)8-4,21-35-18-12-10-15-24(31)6-2)22-36-19-13-16-28-25(32)7-3;1-5-16(23)10-9-12-21(18(25)7-3)14-15-22(19(26)8-4)13-11-20-17(24)6-2;1-3-17(19)9-5-7-11-21-13-15-23-16-14-22-12-8-6-10-18(20)4-2;1-4-15(19)11-7-9-13-18(17(21)6-3)14-10-8-12-16(20)5-2;1-4-11(17)14-7-9-16(13(19)6-3)10-8-15-12(18)5-2;1-12(2)13(16)14-8-7-10-15(3,4)9-5-6-11-20(17,18)19/h5-8H,1-4,9-22H2,(H,28,32)(H,29,33);5-8H,1-4,9-15H2,(H,20,24);3-4H,1-2,5-16H2;4-6H,1-3,7-14H2;4-6H,1-3,7-10H2,(H,14,17)(H,15,18);1,5-11H2,2-4H3,(H-,14,16,17,18,19). The van der Waals surface area contributed by atoms with Gasteiger partial charge in [-0.1, -0.05) is 112 Å². The molecule has 0 aliphatic heterocycles. The molecule has 0 fully saturated rings. The second-order valence-corrected chi connectivity index (χ2v) is 34.2. The van der Waals surface area contributed by atoms with Crippen LogP contribution in [0.3, 0.4) is 0 Å². The van der Waals surface area contributed by atoms with Crippen LogP contribution in [0.5, 0.6) is 0 Å². The first-order valence-electron chi connectivity index (χ1n) is 48.5. The minimum absolute atomic E-state index is 0.0107. The van der Waals surface area contributed by atoms with E-state index in [1.54, 1.807) is 11.8 Å². The number of amides is 10. The maximum Gasteiger partial charge on any atom is 0.246 e. The molecule has 0 aliphatic carbocycles. The molecular weight excluding hydrogens is 1890 g/mol. The fourth-order valence-corrected chi connectivity index (χ4v) is 12.3. The summed E-state index contributed by atoms with van der Waals surface area (Å²) in [5.41, 5.74) is -0.471. The van der Waals surface area contributed by atoms with E-state index >= 15 is 0 Å². The Morgan fingerprint density at radius 2 is 0.538 bits per heavy atom. The van der Waals surface area contributed by atoms with Crippen LogP contribution >= 0.6 is 0 Å². The smallest absolute Gasteiger partial charge is 0.246 e. The molecule has 0 aromatic carbocycles. The minimum Gasteiger partial charge on any atom is -0.748 e. The summed E-state index contributed by atoms with van der Waals surface area (Å²) in [6.07, 6.45) is 35.2. The topological polar surface area (TPSA) is 488 Å². The van der Waals surface area contributed by atoms with Crippen molar-refractivity contribution in [3.63, 3.8) is 0 Å². The van der Waals surface area contributed by atoms with Crippen LogP contribution in [-0.4, -0.2) is 339 Å². The summed E-state index contributed by atoms with van der Waals surface area (Å²) in [4.78, 5) is 199. The quantitative estimate of drug-likeness (QED) is 0.0143. The zero-order valence-electron chi connectivity index (χ0n) is 86.8. The molecule has 0 unspecified atom stereocenters. The number of rotatable bonds is 89. The predicted molar refractivity (Wildman–Crippen MR) is 567 cm³/mol. The average Bonchev–Trinajstić information content (AvgIpc) is 0.856. The Labute approximate surface area is 862 Å². The van der Waals surface area contributed by atoms with Crippen molar-refractivity contribution in [2.75, 3.05) is 197 Å². The van der Waals surface area contributed by atoms with Gasteiger partial charge < -0.3 is 89.0 Å². The average molecular weight is 2060 g/mol. The number of ketones is 7. The van der Waals surface area contributed by atoms with Gasteiger partial charge in [-0.25, -0.2) is 8.42 Å². The molecule has 0 spiro atoms. The molecule has 0 aromatic rings. The van der Waals surface area contributed by atoms with E-state index in [-0.39, 0.29) is 145 Å². The molecule has 0 saturated heterocycles. The predicted octanol–water partition coefficient (Wildman–Crippen LogP) is 9.29. The summed E-state index contributed by atoms with van der Waals surface area (Å²) < 4.78 is 65.8.